The summed E-state index contributed by atoms with van der Waals surface area (Å²) < 4.78 is 12.4. The van der Waals surface area contributed by atoms with Gasteiger partial charge < -0.3 is 24.7 Å². The number of hydrogen-bond acceptors (Lipinski definition) is 6. The van der Waals surface area contributed by atoms with E-state index >= 15 is 0 Å². The van der Waals surface area contributed by atoms with Crippen LogP contribution in [0.3, 0.4) is 0 Å². The van der Waals surface area contributed by atoms with Gasteiger partial charge in [-0.05, 0) is 42.6 Å². The van der Waals surface area contributed by atoms with E-state index < -0.39 is 5.91 Å². The Morgan fingerprint density at radius 3 is 2.65 bits per heavy atom. The molecule has 1 aromatic heterocycles. The number of thiazole rings is 1. The molecule has 0 spiro atoms. The maximum Gasteiger partial charge on any atom is 0.283 e. The van der Waals surface area contributed by atoms with Gasteiger partial charge in [-0.1, -0.05) is 24.3 Å². The van der Waals surface area contributed by atoms with E-state index in [9.17, 15) is 9.59 Å². The molecule has 2 aromatic carbocycles. The first-order valence-corrected chi connectivity index (χ1v) is 12.0. The molecule has 2 amide bonds. The van der Waals surface area contributed by atoms with E-state index in [-0.39, 0.29) is 5.91 Å². The SMILES string of the molecule is COc1ccc(C(=O)/N=c2\scc(C(=O)N3CCc4ccccc4C3)n2CCCN)c(OC)c1. The van der Waals surface area contributed by atoms with Gasteiger partial charge in [0.25, 0.3) is 11.8 Å². The topological polar surface area (TPSA) is 99.2 Å². The molecular weight excluding hydrogens is 452 g/mol. The molecule has 0 bridgehead atoms. The number of carbonyl (C=O) groups excluding carboxylic acids is 2. The van der Waals surface area contributed by atoms with Gasteiger partial charge in [-0.2, -0.15) is 4.99 Å². The summed E-state index contributed by atoms with van der Waals surface area (Å²) in [6.45, 7) is 2.18. The number of aromatic nitrogens is 1. The van der Waals surface area contributed by atoms with Crippen molar-refractivity contribution in [1.82, 2.24) is 9.47 Å². The van der Waals surface area contributed by atoms with Crippen LogP contribution >= 0.6 is 11.3 Å². The molecule has 0 unspecified atom stereocenters. The number of nitrogens with two attached hydrogens (primary N) is 1. The Kier molecular flexibility index (Phi) is 7.44. The summed E-state index contributed by atoms with van der Waals surface area (Å²) >= 11 is 1.27. The second kappa shape index (κ2) is 10.7. The summed E-state index contributed by atoms with van der Waals surface area (Å²) in [5, 5.41) is 1.77. The minimum Gasteiger partial charge on any atom is -0.497 e. The molecule has 0 aliphatic carbocycles. The Bertz CT molecular complexity index is 1260. The highest BCUT2D eigenvalue weighted by Crippen LogP contribution is 2.25. The minimum atomic E-state index is -0.450. The van der Waals surface area contributed by atoms with Crippen molar-refractivity contribution in [1.29, 1.82) is 0 Å². The van der Waals surface area contributed by atoms with Crippen LogP contribution in [-0.2, 0) is 19.5 Å². The lowest BCUT2D eigenvalue weighted by atomic mass is 10.00. The number of hydrogen-bond donors (Lipinski definition) is 1. The highest BCUT2D eigenvalue weighted by Gasteiger charge is 2.25. The number of methoxy groups -OCH3 is 2. The van der Waals surface area contributed by atoms with Crippen molar-refractivity contribution in [2.24, 2.45) is 10.7 Å². The van der Waals surface area contributed by atoms with E-state index in [1.54, 1.807) is 35.3 Å². The zero-order chi connectivity index (χ0) is 24.1. The van der Waals surface area contributed by atoms with Crippen LogP contribution in [0, 0.1) is 0 Å². The number of ether oxygens (including phenoxy) is 2. The van der Waals surface area contributed by atoms with Crippen molar-refractivity contribution in [3.05, 3.63) is 75.0 Å². The summed E-state index contributed by atoms with van der Waals surface area (Å²) in [5.41, 5.74) is 9.03. The first-order valence-electron chi connectivity index (χ1n) is 11.1. The van der Waals surface area contributed by atoms with Crippen LogP contribution in [-0.4, -0.2) is 48.6 Å². The molecule has 3 aromatic rings. The smallest absolute Gasteiger partial charge is 0.283 e. The molecule has 0 saturated heterocycles. The standard InChI is InChI=1S/C25H28N4O4S/c1-32-19-8-9-20(22(14-19)33-2)23(30)27-25-29(12-5-11-26)21(16-34-25)24(31)28-13-10-17-6-3-4-7-18(17)15-28/h3-4,6-9,14,16H,5,10-13,15,26H2,1-2H3/b27-25-. The Labute approximate surface area is 202 Å². The molecule has 1 aliphatic heterocycles. The van der Waals surface area contributed by atoms with Gasteiger partial charge in [0.05, 0.1) is 19.8 Å². The van der Waals surface area contributed by atoms with Crippen molar-refractivity contribution < 1.29 is 19.1 Å². The van der Waals surface area contributed by atoms with Crippen LogP contribution in [0.15, 0.2) is 52.8 Å². The highest BCUT2D eigenvalue weighted by molar-refractivity contribution is 7.07. The molecule has 8 nitrogen and oxygen atoms in total. The van der Waals surface area contributed by atoms with Gasteiger partial charge in [0, 0.05) is 31.1 Å². The summed E-state index contributed by atoms with van der Waals surface area (Å²) in [6.07, 6.45) is 1.48. The first-order chi connectivity index (χ1) is 16.5. The van der Waals surface area contributed by atoms with Gasteiger partial charge in [-0.25, -0.2) is 0 Å². The van der Waals surface area contributed by atoms with E-state index in [0.29, 0.717) is 60.2 Å². The number of nitrogens with zero attached hydrogens (tertiary/aromatic N) is 3. The fourth-order valence-corrected chi connectivity index (χ4v) is 4.91. The number of rotatable bonds is 7. The van der Waals surface area contributed by atoms with E-state index in [4.69, 9.17) is 15.2 Å². The second-order valence-corrected chi connectivity index (χ2v) is 8.76. The maximum atomic E-state index is 13.5. The average molecular weight is 481 g/mol. The summed E-state index contributed by atoms with van der Waals surface area (Å²) in [7, 11) is 3.04. The largest absolute Gasteiger partial charge is 0.497 e. The van der Waals surface area contributed by atoms with Crippen LogP contribution < -0.4 is 20.0 Å². The van der Waals surface area contributed by atoms with Gasteiger partial charge in [0.15, 0.2) is 4.80 Å². The molecule has 2 heterocycles. The molecule has 2 N–H and O–H groups in total. The zero-order valence-corrected chi connectivity index (χ0v) is 20.1. The number of fused-ring (bicyclic) bond motifs is 1. The molecule has 1 aliphatic rings. The summed E-state index contributed by atoms with van der Waals surface area (Å²) in [5.74, 6) is 0.437. The molecule has 0 fully saturated rings. The second-order valence-electron chi connectivity index (χ2n) is 7.93. The minimum absolute atomic E-state index is 0.0706. The van der Waals surface area contributed by atoms with Crippen LogP contribution in [0.2, 0.25) is 0 Å². The van der Waals surface area contributed by atoms with E-state index in [1.165, 1.54) is 24.0 Å². The zero-order valence-electron chi connectivity index (χ0n) is 19.3. The van der Waals surface area contributed by atoms with Crippen LogP contribution in [0.1, 0.15) is 38.4 Å². The molecular formula is C25H28N4O4S. The highest BCUT2D eigenvalue weighted by atomic mass is 32.1. The van der Waals surface area contributed by atoms with E-state index in [1.807, 2.05) is 17.0 Å². The molecule has 34 heavy (non-hydrogen) atoms. The Balaban J connectivity index is 1.66. The lowest BCUT2D eigenvalue weighted by Gasteiger charge is -2.29. The van der Waals surface area contributed by atoms with Crippen molar-refractivity contribution in [3.63, 3.8) is 0 Å². The lowest BCUT2D eigenvalue weighted by Crippen LogP contribution is -2.38. The number of amides is 2. The molecule has 0 atom stereocenters. The van der Waals surface area contributed by atoms with Crippen molar-refractivity contribution in [2.75, 3.05) is 27.3 Å². The fraction of sp³-hybridized carbons (Fsp3) is 0.320. The third kappa shape index (κ3) is 4.90. The summed E-state index contributed by atoms with van der Waals surface area (Å²) in [4.78, 5) is 33.1. The van der Waals surface area contributed by atoms with Crippen LogP contribution in [0.4, 0.5) is 0 Å². The summed E-state index contributed by atoms with van der Waals surface area (Å²) in [6, 6.07) is 13.1. The van der Waals surface area contributed by atoms with Crippen molar-refractivity contribution >= 4 is 23.2 Å². The lowest BCUT2D eigenvalue weighted by molar-refractivity contribution is 0.0722. The van der Waals surface area contributed by atoms with Gasteiger partial charge >= 0.3 is 0 Å². The van der Waals surface area contributed by atoms with E-state index in [2.05, 4.69) is 17.1 Å². The Hall–Kier alpha value is -3.43. The maximum absolute atomic E-state index is 13.5. The monoisotopic (exact) mass is 480 g/mol. The predicted octanol–water partition coefficient (Wildman–Crippen LogP) is 2.86. The third-order valence-corrected chi connectivity index (χ3v) is 6.72. The van der Waals surface area contributed by atoms with Gasteiger partial charge in [-0.3, -0.25) is 9.59 Å². The molecule has 0 saturated carbocycles. The molecule has 178 valence electrons. The molecule has 0 radical (unpaired) electrons. The third-order valence-electron chi connectivity index (χ3n) is 5.86. The average Bonchev–Trinajstić information content (AvgIpc) is 3.28. The van der Waals surface area contributed by atoms with Gasteiger partial charge in [0.2, 0.25) is 0 Å². The number of carbonyl (C=O) groups is 2. The van der Waals surface area contributed by atoms with E-state index in [0.717, 1.165) is 12.0 Å². The van der Waals surface area contributed by atoms with Gasteiger partial charge in [-0.15, -0.1) is 11.3 Å². The quantitative estimate of drug-likeness (QED) is 0.561. The van der Waals surface area contributed by atoms with Crippen LogP contribution in [0.25, 0.3) is 0 Å². The normalized spacial score (nSPS) is 13.5. The molecule has 4 rings (SSSR count). The van der Waals surface area contributed by atoms with Gasteiger partial charge in [0.1, 0.15) is 17.2 Å². The van der Waals surface area contributed by atoms with Crippen LogP contribution in [0.5, 0.6) is 11.5 Å². The fourth-order valence-electron chi connectivity index (χ4n) is 4.01. The Morgan fingerprint density at radius 1 is 1.12 bits per heavy atom. The predicted molar refractivity (Wildman–Crippen MR) is 130 cm³/mol. The number of benzene rings is 2. The van der Waals surface area contributed by atoms with Crippen molar-refractivity contribution in [3.8, 4) is 11.5 Å². The first kappa shape index (κ1) is 23.7. The molecule has 9 heteroatoms. The Morgan fingerprint density at radius 2 is 1.91 bits per heavy atom. The van der Waals surface area contributed by atoms with Crippen molar-refractivity contribution in [2.45, 2.75) is 25.9 Å².